The number of benzene rings is 1. The smallest absolute Gasteiger partial charge is 0.411 e. The summed E-state index contributed by atoms with van der Waals surface area (Å²) < 4.78 is 45.5. The summed E-state index contributed by atoms with van der Waals surface area (Å²) in [6.07, 6.45) is -3.34. The highest BCUT2D eigenvalue weighted by molar-refractivity contribution is 6.31. The van der Waals surface area contributed by atoms with Crippen molar-refractivity contribution in [1.29, 1.82) is 0 Å². The normalized spacial score (nSPS) is 11.7. The SMILES string of the molecule is NCCc1c(Cl)cccc1OCCCOCC(F)(F)F. The first-order valence-electron chi connectivity index (χ1n) is 6.19. The number of nitrogens with two attached hydrogens (primary N) is 1. The zero-order valence-corrected chi connectivity index (χ0v) is 11.6. The molecule has 0 aliphatic carbocycles. The van der Waals surface area contributed by atoms with Gasteiger partial charge in [0.2, 0.25) is 0 Å². The maximum absolute atomic E-state index is 11.8. The van der Waals surface area contributed by atoms with Crippen molar-refractivity contribution in [3.63, 3.8) is 0 Å². The van der Waals surface area contributed by atoms with Crippen molar-refractivity contribution in [3.8, 4) is 5.75 Å². The van der Waals surface area contributed by atoms with Crippen molar-refractivity contribution in [2.75, 3.05) is 26.4 Å². The van der Waals surface area contributed by atoms with E-state index in [-0.39, 0.29) is 13.2 Å². The minimum Gasteiger partial charge on any atom is -0.493 e. The molecular formula is C13H17ClF3NO2. The zero-order chi connectivity index (χ0) is 15.0. The standard InChI is InChI=1S/C13H17ClF3NO2/c14-11-3-1-4-12(10(11)5-6-18)20-8-2-7-19-9-13(15,16)17/h1,3-4H,2,5-9,18H2. The molecule has 0 spiro atoms. The van der Waals surface area contributed by atoms with Crippen LogP contribution in [0, 0.1) is 0 Å². The average Bonchev–Trinajstić information content (AvgIpc) is 2.36. The van der Waals surface area contributed by atoms with Crippen molar-refractivity contribution in [3.05, 3.63) is 28.8 Å². The summed E-state index contributed by atoms with van der Waals surface area (Å²) in [7, 11) is 0. The maximum atomic E-state index is 11.8. The van der Waals surface area contributed by atoms with Gasteiger partial charge in [-0.25, -0.2) is 0 Å². The third kappa shape index (κ3) is 6.45. The lowest BCUT2D eigenvalue weighted by molar-refractivity contribution is -0.174. The second-order valence-corrected chi connectivity index (χ2v) is 4.53. The highest BCUT2D eigenvalue weighted by Crippen LogP contribution is 2.26. The molecule has 2 N–H and O–H groups in total. The van der Waals surface area contributed by atoms with Crippen LogP contribution < -0.4 is 10.5 Å². The Kier molecular flexibility index (Phi) is 7.12. The Hall–Kier alpha value is -0.980. The Morgan fingerprint density at radius 2 is 1.95 bits per heavy atom. The zero-order valence-electron chi connectivity index (χ0n) is 10.9. The highest BCUT2D eigenvalue weighted by atomic mass is 35.5. The van der Waals surface area contributed by atoms with E-state index in [0.29, 0.717) is 30.2 Å². The Morgan fingerprint density at radius 1 is 1.20 bits per heavy atom. The third-order valence-electron chi connectivity index (χ3n) is 2.43. The van der Waals surface area contributed by atoms with Crippen LogP contribution in [0.25, 0.3) is 0 Å². The van der Waals surface area contributed by atoms with E-state index in [2.05, 4.69) is 4.74 Å². The van der Waals surface area contributed by atoms with E-state index >= 15 is 0 Å². The van der Waals surface area contributed by atoms with Gasteiger partial charge in [-0.15, -0.1) is 0 Å². The first-order valence-corrected chi connectivity index (χ1v) is 6.56. The van der Waals surface area contributed by atoms with Crippen LogP contribution in [0.15, 0.2) is 18.2 Å². The fraction of sp³-hybridized carbons (Fsp3) is 0.538. The van der Waals surface area contributed by atoms with E-state index in [1.54, 1.807) is 18.2 Å². The molecule has 0 fully saturated rings. The second-order valence-electron chi connectivity index (χ2n) is 4.12. The average molecular weight is 312 g/mol. The van der Waals surface area contributed by atoms with Crippen LogP contribution in [0.5, 0.6) is 5.75 Å². The van der Waals surface area contributed by atoms with Gasteiger partial charge < -0.3 is 15.2 Å². The summed E-state index contributed by atoms with van der Waals surface area (Å²) in [5.41, 5.74) is 6.31. The van der Waals surface area contributed by atoms with Gasteiger partial charge >= 0.3 is 6.18 Å². The molecule has 0 saturated heterocycles. The van der Waals surface area contributed by atoms with Crippen molar-refractivity contribution >= 4 is 11.6 Å². The first-order chi connectivity index (χ1) is 9.44. The fourth-order valence-electron chi connectivity index (χ4n) is 1.59. The first kappa shape index (κ1) is 17.1. The second kappa shape index (κ2) is 8.34. The molecule has 0 aliphatic rings. The van der Waals surface area contributed by atoms with Gasteiger partial charge in [0.1, 0.15) is 12.4 Å². The molecule has 0 amide bonds. The van der Waals surface area contributed by atoms with Gasteiger partial charge in [-0.2, -0.15) is 13.2 Å². The summed E-state index contributed by atoms with van der Waals surface area (Å²) >= 11 is 6.04. The predicted molar refractivity (Wildman–Crippen MR) is 71.2 cm³/mol. The van der Waals surface area contributed by atoms with Gasteiger partial charge in [0, 0.05) is 17.0 Å². The molecular weight excluding hydrogens is 295 g/mol. The summed E-state index contributed by atoms with van der Waals surface area (Å²) in [5.74, 6) is 0.610. The molecule has 1 rings (SSSR count). The number of halogens is 4. The quantitative estimate of drug-likeness (QED) is 0.750. The summed E-state index contributed by atoms with van der Waals surface area (Å²) in [4.78, 5) is 0. The summed E-state index contributed by atoms with van der Waals surface area (Å²) in [6.45, 7) is -0.542. The van der Waals surface area contributed by atoms with E-state index in [0.717, 1.165) is 5.56 Å². The van der Waals surface area contributed by atoms with Gasteiger partial charge in [-0.3, -0.25) is 0 Å². The van der Waals surface area contributed by atoms with Gasteiger partial charge in [0.25, 0.3) is 0 Å². The van der Waals surface area contributed by atoms with Gasteiger partial charge in [0.05, 0.1) is 13.2 Å². The molecule has 0 saturated carbocycles. The Morgan fingerprint density at radius 3 is 2.60 bits per heavy atom. The predicted octanol–water partition coefficient (Wildman–Crippen LogP) is 3.19. The van der Waals surface area contributed by atoms with Crippen LogP contribution in [0.3, 0.4) is 0 Å². The van der Waals surface area contributed by atoms with Crippen LogP contribution in [0.1, 0.15) is 12.0 Å². The minimum absolute atomic E-state index is 0.00764. The number of alkyl halides is 3. The molecule has 0 bridgehead atoms. The van der Waals surface area contributed by atoms with E-state index in [1.165, 1.54) is 0 Å². The van der Waals surface area contributed by atoms with E-state index in [1.807, 2.05) is 0 Å². The lowest BCUT2D eigenvalue weighted by atomic mass is 10.1. The molecule has 0 atom stereocenters. The molecule has 0 heterocycles. The van der Waals surface area contributed by atoms with Crippen LogP contribution in [0.2, 0.25) is 5.02 Å². The van der Waals surface area contributed by atoms with E-state index < -0.39 is 12.8 Å². The monoisotopic (exact) mass is 311 g/mol. The van der Waals surface area contributed by atoms with Crippen molar-refractivity contribution in [2.45, 2.75) is 19.0 Å². The molecule has 0 aliphatic heterocycles. The van der Waals surface area contributed by atoms with Crippen LogP contribution in [-0.2, 0) is 11.2 Å². The number of rotatable bonds is 8. The molecule has 0 aromatic heterocycles. The topological polar surface area (TPSA) is 44.5 Å². The number of ether oxygens (including phenoxy) is 2. The molecule has 0 unspecified atom stereocenters. The molecule has 1 aromatic carbocycles. The molecule has 114 valence electrons. The van der Waals surface area contributed by atoms with Gasteiger partial charge in [-0.05, 0) is 25.1 Å². The molecule has 20 heavy (non-hydrogen) atoms. The van der Waals surface area contributed by atoms with Crippen molar-refractivity contribution in [2.24, 2.45) is 5.73 Å². The molecule has 7 heteroatoms. The summed E-state index contributed by atoms with van der Waals surface area (Å²) in [6, 6.07) is 5.25. The Labute approximate surface area is 120 Å². The van der Waals surface area contributed by atoms with Crippen molar-refractivity contribution < 1.29 is 22.6 Å². The Balaban J connectivity index is 2.33. The number of hydrogen-bond donors (Lipinski definition) is 1. The third-order valence-corrected chi connectivity index (χ3v) is 2.78. The lowest BCUT2D eigenvalue weighted by Gasteiger charge is -2.12. The number of hydrogen-bond acceptors (Lipinski definition) is 3. The molecule has 3 nitrogen and oxygen atoms in total. The lowest BCUT2D eigenvalue weighted by Crippen LogP contribution is -2.18. The minimum atomic E-state index is -4.29. The van der Waals surface area contributed by atoms with Gasteiger partial charge in [-0.1, -0.05) is 17.7 Å². The van der Waals surface area contributed by atoms with Crippen molar-refractivity contribution in [1.82, 2.24) is 0 Å². The molecule has 1 aromatic rings. The Bertz CT molecular complexity index is 413. The van der Waals surface area contributed by atoms with Crippen LogP contribution in [-0.4, -0.2) is 32.5 Å². The largest absolute Gasteiger partial charge is 0.493 e. The molecule has 0 radical (unpaired) electrons. The van der Waals surface area contributed by atoms with E-state index in [4.69, 9.17) is 22.1 Å². The van der Waals surface area contributed by atoms with Gasteiger partial charge in [0.15, 0.2) is 0 Å². The maximum Gasteiger partial charge on any atom is 0.411 e. The summed E-state index contributed by atoms with van der Waals surface area (Å²) in [5, 5.41) is 0.571. The van der Waals surface area contributed by atoms with E-state index in [9.17, 15) is 13.2 Å². The van der Waals surface area contributed by atoms with Crippen LogP contribution in [0.4, 0.5) is 13.2 Å². The van der Waals surface area contributed by atoms with Crippen LogP contribution >= 0.6 is 11.6 Å². The highest BCUT2D eigenvalue weighted by Gasteiger charge is 2.27. The fourth-order valence-corrected chi connectivity index (χ4v) is 1.85.